The van der Waals surface area contributed by atoms with Crippen molar-refractivity contribution >= 4 is 29.0 Å². The van der Waals surface area contributed by atoms with Crippen molar-refractivity contribution in [2.45, 2.75) is 10.1 Å². The molecule has 1 aromatic carbocycles. The normalized spacial score (nSPS) is 10.9. The molecule has 4 rings (SSSR count). The lowest BCUT2D eigenvalue weighted by atomic mass is 10.2. The Hall–Kier alpha value is -3.46. The Morgan fingerprint density at radius 1 is 1.15 bits per heavy atom. The SMILES string of the molecule is Cn1cnnc1Sc1ccc(NC(=O)c2cnc3ccccn3c2=O)cc1. The number of nitrogens with one attached hydrogen (secondary N) is 1. The van der Waals surface area contributed by atoms with Gasteiger partial charge in [-0.05, 0) is 48.2 Å². The fourth-order valence-corrected chi connectivity index (χ4v) is 3.22. The van der Waals surface area contributed by atoms with Crippen molar-refractivity contribution in [3.63, 3.8) is 0 Å². The van der Waals surface area contributed by atoms with Gasteiger partial charge < -0.3 is 9.88 Å². The van der Waals surface area contributed by atoms with Crippen LogP contribution in [0.1, 0.15) is 10.4 Å². The smallest absolute Gasteiger partial charge is 0.270 e. The number of nitrogens with zero attached hydrogens (tertiary/aromatic N) is 5. The number of rotatable bonds is 4. The maximum absolute atomic E-state index is 12.5. The summed E-state index contributed by atoms with van der Waals surface area (Å²) in [6, 6.07) is 12.5. The van der Waals surface area contributed by atoms with E-state index in [-0.39, 0.29) is 5.56 Å². The first kappa shape index (κ1) is 17.0. The van der Waals surface area contributed by atoms with Gasteiger partial charge in [-0.2, -0.15) is 0 Å². The van der Waals surface area contributed by atoms with E-state index in [1.165, 1.54) is 22.4 Å². The van der Waals surface area contributed by atoms with Crippen LogP contribution in [0.25, 0.3) is 5.65 Å². The summed E-state index contributed by atoms with van der Waals surface area (Å²) in [5.41, 5.74) is 0.646. The van der Waals surface area contributed by atoms with E-state index in [0.717, 1.165) is 10.1 Å². The Balaban J connectivity index is 1.52. The Labute approximate surface area is 157 Å². The first-order valence-corrected chi connectivity index (χ1v) is 8.83. The van der Waals surface area contributed by atoms with Crippen molar-refractivity contribution in [2.24, 2.45) is 7.05 Å². The molecule has 0 spiro atoms. The third-order valence-electron chi connectivity index (χ3n) is 3.85. The second kappa shape index (κ2) is 7.04. The van der Waals surface area contributed by atoms with Gasteiger partial charge in [0, 0.05) is 30.0 Å². The minimum absolute atomic E-state index is 0.0174. The van der Waals surface area contributed by atoms with Gasteiger partial charge in [0.1, 0.15) is 17.5 Å². The largest absolute Gasteiger partial charge is 0.322 e. The average molecular weight is 378 g/mol. The highest BCUT2D eigenvalue weighted by Gasteiger charge is 2.13. The number of anilines is 1. The average Bonchev–Trinajstić information content (AvgIpc) is 3.08. The highest BCUT2D eigenvalue weighted by molar-refractivity contribution is 7.99. The van der Waals surface area contributed by atoms with Crippen LogP contribution < -0.4 is 10.9 Å². The van der Waals surface area contributed by atoms with Crippen LogP contribution in [0.15, 0.2) is 76.0 Å². The van der Waals surface area contributed by atoms with Gasteiger partial charge in [-0.3, -0.25) is 14.0 Å². The van der Waals surface area contributed by atoms with Crippen molar-refractivity contribution in [3.8, 4) is 0 Å². The lowest BCUT2D eigenvalue weighted by Crippen LogP contribution is -2.26. The van der Waals surface area contributed by atoms with E-state index in [9.17, 15) is 9.59 Å². The molecule has 134 valence electrons. The lowest BCUT2D eigenvalue weighted by molar-refractivity contribution is 0.102. The van der Waals surface area contributed by atoms with E-state index in [2.05, 4.69) is 20.5 Å². The van der Waals surface area contributed by atoms with Crippen molar-refractivity contribution in [3.05, 3.63) is 77.1 Å². The van der Waals surface area contributed by atoms with Gasteiger partial charge in [0.05, 0.1) is 0 Å². The lowest BCUT2D eigenvalue weighted by Gasteiger charge is -2.07. The Morgan fingerprint density at radius 3 is 2.70 bits per heavy atom. The molecular formula is C18H14N6O2S. The fourth-order valence-electron chi connectivity index (χ4n) is 2.46. The summed E-state index contributed by atoms with van der Waals surface area (Å²) in [6.07, 6.45) is 4.51. The van der Waals surface area contributed by atoms with Crippen LogP contribution in [0.3, 0.4) is 0 Å². The van der Waals surface area contributed by atoms with E-state index in [4.69, 9.17) is 0 Å². The number of carbonyl (C=O) groups excluding carboxylic acids is 1. The molecule has 0 atom stereocenters. The zero-order valence-electron chi connectivity index (χ0n) is 14.2. The molecular weight excluding hydrogens is 364 g/mol. The molecule has 3 aromatic heterocycles. The second-order valence-corrected chi connectivity index (χ2v) is 6.75. The minimum atomic E-state index is -0.501. The van der Waals surface area contributed by atoms with Crippen LogP contribution >= 0.6 is 11.8 Å². The molecule has 4 aromatic rings. The first-order chi connectivity index (χ1) is 13.1. The number of aromatic nitrogens is 5. The third-order valence-corrected chi connectivity index (χ3v) is 4.91. The van der Waals surface area contributed by atoms with Crippen LogP contribution in [0.4, 0.5) is 5.69 Å². The quantitative estimate of drug-likeness (QED) is 0.585. The second-order valence-electron chi connectivity index (χ2n) is 5.71. The van der Waals surface area contributed by atoms with E-state index in [1.54, 1.807) is 42.9 Å². The van der Waals surface area contributed by atoms with Gasteiger partial charge in [-0.1, -0.05) is 6.07 Å². The summed E-state index contributed by atoms with van der Waals surface area (Å²) in [5.74, 6) is -0.501. The molecule has 0 saturated heterocycles. The fraction of sp³-hybridized carbons (Fsp3) is 0.0556. The molecule has 0 aliphatic heterocycles. The molecule has 8 nitrogen and oxygen atoms in total. The van der Waals surface area contributed by atoms with Crippen LogP contribution in [0, 0.1) is 0 Å². The zero-order chi connectivity index (χ0) is 18.8. The van der Waals surface area contributed by atoms with Gasteiger partial charge in [-0.25, -0.2) is 4.98 Å². The highest BCUT2D eigenvalue weighted by atomic mass is 32.2. The molecule has 0 aliphatic carbocycles. The van der Waals surface area contributed by atoms with Crippen molar-refractivity contribution in [1.29, 1.82) is 0 Å². The number of pyridine rings is 1. The predicted molar refractivity (Wildman–Crippen MR) is 101 cm³/mol. The molecule has 27 heavy (non-hydrogen) atoms. The molecule has 0 fully saturated rings. The topological polar surface area (TPSA) is 94.2 Å². The maximum Gasteiger partial charge on any atom is 0.270 e. The number of fused-ring (bicyclic) bond motifs is 1. The number of hydrogen-bond donors (Lipinski definition) is 1. The van der Waals surface area contributed by atoms with Crippen molar-refractivity contribution in [1.82, 2.24) is 24.1 Å². The monoisotopic (exact) mass is 378 g/mol. The molecule has 1 N–H and O–H groups in total. The summed E-state index contributed by atoms with van der Waals surface area (Å²) in [5, 5.41) is 11.3. The number of benzene rings is 1. The van der Waals surface area contributed by atoms with Crippen LogP contribution in [-0.2, 0) is 7.05 Å². The van der Waals surface area contributed by atoms with E-state index in [1.807, 2.05) is 23.7 Å². The van der Waals surface area contributed by atoms with E-state index < -0.39 is 11.5 Å². The molecule has 0 aliphatic rings. The summed E-state index contributed by atoms with van der Waals surface area (Å²) in [7, 11) is 1.87. The maximum atomic E-state index is 12.5. The van der Waals surface area contributed by atoms with Gasteiger partial charge in [0.15, 0.2) is 5.16 Å². The van der Waals surface area contributed by atoms with Crippen LogP contribution in [0.2, 0.25) is 0 Å². The number of amides is 1. The molecule has 0 radical (unpaired) electrons. The zero-order valence-corrected chi connectivity index (χ0v) is 15.1. The van der Waals surface area contributed by atoms with Gasteiger partial charge in [0.2, 0.25) is 0 Å². The number of carbonyl (C=O) groups is 1. The van der Waals surface area contributed by atoms with Gasteiger partial charge >= 0.3 is 0 Å². The number of aryl methyl sites for hydroxylation is 1. The minimum Gasteiger partial charge on any atom is -0.322 e. The van der Waals surface area contributed by atoms with Crippen LogP contribution in [0.5, 0.6) is 0 Å². The molecule has 3 heterocycles. The van der Waals surface area contributed by atoms with Gasteiger partial charge in [0.25, 0.3) is 11.5 Å². The Kier molecular flexibility index (Phi) is 4.43. The summed E-state index contributed by atoms with van der Waals surface area (Å²) in [6.45, 7) is 0. The standard InChI is InChI=1S/C18H14N6O2S/c1-23-11-20-22-18(23)27-13-7-5-12(6-8-13)21-16(25)14-10-19-15-4-2-3-9-24(15)17(14)26/h2-11H,1H3,(H,21,25). The first-order valence-electron chi connectivity index (χ1n) is 8.01. The number of hydrogen-bond acceptors (Lipinski definition) is 6. The molecule has 0 saturated carbocycles. The summed E-state index contributed by atoms with van der Waals surface area (Å²) < 4.78 is 3.16. The highest BCUT2D eigenvalue weighted by Crippen LogP contribution is 2.26. The van der Waals surface area contributed by atoms with E-state index >= 15 is 0 Å². The Morgan fingerprint density at radius 2 is 1.96 bits per heavy atom. The molecule has 1 amide bonds. The van der Waals surface area contributed by atoms with Crippen molar-refractivity contribution < 1.29 is 4.79 Å². The van der Waals surface area contributed by atoms with Gasteiger partial charge in [-0.15, -0.1) is 10.2 Å². The Bertz CT molecular complexity index is 1180. The predicted octanol–water partition coefficient (Wildman–Crippen LogP) is 2.23. The molecule has 9 heteroatoms. The summed E-state index contributed by atoms with van der Waals surface area (Å²) >= 11 is 1.46. The third kappa shape index (κ3) is 3.44. The molecule has 0 bridgehead atoms. The summed E-state index contributed by atoms with van der Waals surface area (Å²) in [4.78, 5) is 30.0. The van der Waals surface area contributed by atoms with Crippen LogP contribution in [-0.4, -0.2) is 30.1 Å². The van der Waals surface area contributed by atoms with E-state index in [0.29, 0.717) is 11.3 Å². The van der Waals surface area contributed by atoms with Crippen molar-refractivity contribution in [2.75, 3.05) is 5.32 Å². The molecule has 0 unspecified atom stereocenters.